The average molecular weight is 225 g/mol. The van der Waals surface area contributed by atoms with Crippen molar-refractivity contribution >= 4 is 11.7 Å². The van der Waals surface area contributed by atoms with Crippen LogP contribution in [0.25, 0.3) is 0 Å². The first-order valence-electron chi connectivity index (χ1n) is 4.66. The second-order valence-electron chi connectivity index (χ2n) is 3.20. The highest BCUT2D eigenvalue weighted by atomic mass is 16.5. The first-order valence-corrected chi connectivity index (χ1v) is 4.66. The van der Waals surface area contributed by atoms with Crippen molar-refractivity contribution in [2.45, 2.75) is 6.92 Å². The number of hydrogen-bond acceptors (Lipinski definition) is 5. The Hall–Kier alpha value is -1.91. The van der Waals surface area contributed by atoms with Crippen LogP contribution < -0.4 is 15.2 Å². The molecule has 0 saturated carbocycles. The molecule has 0 atom stereocenters. The van der Waals surface area contributed by atoms with Crippen molar-refractivity contribution in [3.8, 4) is 11.5 Å². The van der Waals surface area contributed by atoms with Gasteiger partial charge in [0.1, 0.15) is 17.1 Å². The maximum Gasteiger partial charge on any atom is 0.341 e. The van der Waals surface area contributed by atoms with Gasteiger partial charge in [-0.05, 0) is 13.0 Å². The van der Waals surface area contributed by atoms with E-state index in [4.69, 9.17) is 15.2 Å². The number of ether oxygens (including phenoxy) is 3. The van der Waals surface area contributed by atoms with E-state index < -0.39 is 5.97 Å². The van der Waals surface area contributed by atoms with E-state index in [0.29, 0.717) is 28.3 Å². The maximum absolute atomic E-state index is 11.5. The van der Waals surface area contributed by atoms with E-state index in [-0.39, 0.29) is 0 Å². The lowest BCUT2D eigenvalue weighted by molar-refractivity contribution is 0.0597. The highest BCUT2D eigenvalue weighted by Gasteiger charge is 2.20. The Morgan fingerprint density at radius 3 is 2.19 bits per heavy atom. The normalized spacial score (nSPS) is 9.75. The average Bonchev–Trinajstić information content (AvgIpc) is 2.28. The monoisotopic (exact) mass is 225 g/mol. The fourth-order valence-electron chi connectivity index (χ4n) is 1.60. The lowest BCUT2D eigenvalue weighted by atomic mass is 10.1. The summed E-state index contributed by atoms with van der Waals surface area (Å²) in [5.41, 5.74) is 7.10. The fourth-order valence-corrected chi connectivity index (χ4v) is 1.60. The van der Waals surface area contributed by atoms with Crippen LogP contribution >= 0.6 is 0 Å². The molecule has 0 unspecified atom stereocenters. The lowest BCUT2D eigenvalue weighted by Crippen LogP contribution is -2.08. The first kappa shape index (κ1) is 12.2. The quantitative estimate of drug-likeness (QED) is 0.621. The number of benzene rings is 1. The highest BCUT2D eigenvalue weighted by molar-refractivity contribution is 5.95. The molecule has 0 fully saturated rings. The maximum atomic E-state index is 11.5. The SMILES string of the molecule is COC(=O)c1cc(N)c(OC)c(C)c1OC. The van der Waals surface area contributed by atoms with Crippen molar-refractivity contribution < 1.29 is 19.0 Å². The minimum Gasteiger partial charge on any atom is -0.495 e. The van der Waals surface area contributed by atoms with Gasteiger partial charge in [-0.2, -0.15) is 0 Å². The van der Waals surface area contributed by atoms with Crippen LogP contribution in [0.15, 0.2) is 6.07 Å². The van der Waals surface area contributed by atoms with E-state index in [9.17, 15) is 4.79 Å². The number of carbonyl (C=O) groups is 1. The third-order valence-electron chi connectivity index (χ3n) is 2.30. The van der Waals surface area contributed by atoms with E-state index in [2.05, 4.69) is 4.74 Å². The summed E-state index contributed by atoms with van der Waals surface area (Å²) in [6.45, 7) is 1.76. The van der Waals surface area contributed by atoms with E-state index in [0.717, 1.165) is 0 Å². The predicted molar refractivity (Wildman–Crippen MR) is 60.0 cm³/mol. The molecular formula is C11H15NO4. The van der Waals surface area contributed by atoms with Gasteiger partial charge in [0.05, 0.1) is 27.0 Å². The first-order chi connectivity index (χ1) is 7.56. The topological polar surface area (TPSA) is 70.8 Å². The van der Waals surface area contributed by atoms with E-state index >= 15 is 0 Å². The molecule has 0 radical (unpaired) electrons. The summed E-state index contributed by atoms with van der Waals surface area (Å²) in [6, 6.07) is 1.48. The molecule has 2 N–H and O–H groups in total. The summed E-state index contributed by atoms with van der Waals surface area (Å²) in [5.74, 6) is 0.428. The van der Waals surface area contributed by atoms with Crippen molar-refractivity contribution in [2.75, 3.05) is 27.1 Å². The van der Waals surface area contributed by atoms with Gasteiger partial charge in [-0.1, -0.05) is 0 Å². The van der Waals surface area contributed by atoms with E-state index in [1.165, 1.54) is 27.4 Å². The predicted octanol–water partition coefficient (Wildman–Crippen LogP) is 1.38. The third kappa shape index (κ3) is 1.88. The summed E-state index contributed by atoms with van der Waals surface area (Å²) in [4.78, 5) is 11.5. The molecule has 0 bridgehead atoms. The molecule has 0 amide bonds. The molecule has 1 aromatic rings. The molecule has 0 aromatic heterocycles. The number of anilines is 1. The van der Waals surface area contributed by atoms with E-state index in [1.807, 2.05) is 0 Å². The molecule has 5 heteroatoms. The Labute approximate surface area is 94.1 Å². The molecule has 16 heavy (non-hydrogen) atoms. The number of rotatable bonds is 3. The second-order valence-corrected chi connectivity index (χ2v) is 3.20. The molecule has 1 aromatic carbocycles. The van der Waals surface area contributed by atoms with Gasteiger partial charge in [-0.25, -0.2) is 4.79 Å². The van der Waals surface area contributed by atoms with Gasteiger partial charge >= 0.3 is 5.97 Å². The van der Waals surface area contributed by atoms with E-state index in [1.54, 1.807) is 6.92 Å². The summed E-state index contributed by atoms with van der Waals surface area (Å²) < 4.78 is 14.9. The Kier molecular flexibility index (Phi) is 3.60. The number of hydrogen-bond donors (Lipinski definition) is 1. The van der Waals surface area contributed by atoms with Crippen LogP contribution in [0.1, 0.15) is 15.9 Å². The van der Waals surface area contributed by atoms with Gasteiger partial charge < -0.3 is 19.9 Å². The zero-order valence-electron chi connectivity index (χ0n) is 9.79. The Balaban J connectivity index is 3.46. The van der Waals surface area contributed by atoms with Crippen molar-refractivity contribution in [1.82, 2.24) is 0 Å². The number of esters is 1. The van der Waals surface area contributed by atoms with Gasteiger partial charge in [0.15, 0.2) is 0 Å². The summed E-state index contributed by atoms with van der Waals surface area (Å²) >= 11 is 0. The molecule has 0 saturated heterocycles. The Morgan fingerprint density at radius 2 is 1.75 bits per heavy atom. The smallest absolute Gasteiger partial charge is 0.341 e. The number of methoxy groups -OCH3 is 3. The number of nitrogen functional groups attached to an aromatic ring is 1. The molecule has 0 aliphatic heterocycles. The van der Waals surface area contributed by atoms with Crippen molar-refractivity contribution in [3.63, 3.8) is 0 Å². The Morgan fingerprint density at radius 1 is 1.19 bits per heavy atom. The van der Waals surface area contributed by atoms with Gasteiger partial charge in [0.25, 0.3) is 0 Å². The number of nitrogens with two attached hydrogens (primary N) is 1. The van der Waals surface area contributed by atoms with Crippen molar-refractivity contribution in [3.05, 3.63) is 17.2 Å². The van der Waals surface area contributed by atoms with Crippen LogP contribution in [0.5, 0.6) is 11.5 Å². The standard InChI is InChI=1S/C11H15NO4/c1-6-9(14-2)7(11(13)16-4)5-8(12)10(6)15-3/h5H,12H2,1-4H3. The highest BCUT2D eigenvalue weighted by Crippen LogP contribution is 2.36. The fraction of sp³-hybridized carbons (Fsp3) is 0.364. The zero-order chi connectivity index (χ0) is 12.3. The summed E-state index contributed by atoms with van der Waals surface area (Å²) in [5, 5.41) is 0. The van der Waals surface area contributed by atoms with Gasteiger partial charge in [-0.3, -0.25) is 0 Å². The summed E-state index contributed by atoms with van der Waals surface area (Å²) in [7, 11) is 4.29. The molecule has 1 rings (SSSR count). The molecule has 0 heterocycles. The minimum absolute atomic E-state index is 0.292. The van der Waals surface area contributed by atoms with Crippen LogP contribution in [0.4, 0.5) is 5.69 Å². The third-order valence-corrected chi connectivity index (χ3v) is 2.30. The lowest BCUT2D eigenvalue weighted by Gasteiger charge is -2.15. The largest absolute Gasteiger partial charge is 0.495 e. The Bertz CT molecular complexity index is 415. The van der Waals surface area contributed by atoms with Crippen LogP contribution in [0.2, 0.25) is 0 Å². The minimum atomic E-state index is -0.491. The molecular weight excluding hydrogens is 210 g/mol. The van der Waals surface area contributed by atoms with Crippen LogP contribution in [0.3, 0.4) is 0 Å². The second kappa shape index (κ2) is 4.74. The van der Waals surface area contributed by atoms with Crippen LogP contribution in [-0.2, 0) is 4.74 Å². The molecule has 0 aliphatic rings. The van der Waals surface area contributed by atoms with Crippen LogP contribution in [0, 0.1) is 6.92 Å². The van der Waals surface area contributed by atoms with Gasteiger partial charge in [0.2, 0.25) is 0 Å². The molecule has 5 nitrogen and oxygen atoms in total. The molecule has 0 spiro atoms. The zero-order valence-corrected chi connectivity index (χ0v) is 9.79. The van der Waals surface area contributed by atoms with Gasteiger partial charge in [-0.15, -0.1) is 0 Å². The van der Waals surface area contributed by atoms with Crippen molar-refractivity contribution in [2.24, 2.45) is 0 Å². The molecule has 88 valence electrons. The van der Waals surface area contributed by atoms with Crippen LogP contribution in [-0.4, -0.2) is 27.3 Å². The van der Waals surface area contributed by atoms with Crippen molar-refractivity contribution in [1.29, 1.82) is 0 Å². The number of carbonyl (C=O) groups excluding carboxylic acids is 1. The van der Waals surface area contributed by atoms with Gasteiger partial charge in [0, 0.05) is 5.56 Å². The molecule has 0 aliphatic carbocycles. The summed E-state index contributed by atoms with van der Waals surface area (Å²) in [6.07, 6.45) is 0.